The van der Waals surface area contributed by atoms with Crippen LogP contribution < -0.4 is 4.74 Å². The van der Waals surface area contributed by atoms with Crippen molar-refractivity contribution in [1.29, 1.82) is 0 Å². The van der Waals surface area contributed by atoms with E-state index in [9.17, 15) is 19.5 Å². The summed E-state index contributed by atoms with van der Waals surface area (Å²) >= 11 is 5.95. The highest BCUT2D eigenvalue weighted by Gasteiger charge is 2.23. The fourth-order valence-corrected chi connectivity index (χ4v) is 3.60. The first-order valence-corrected chi connectivity index (χ1v) is 11.0. The number of aliphatic hydroxyl groups excluding tert-OH is 1. The third kappa shape index (κ3) is 5.58. The van der Waals surface area contributed by atoms with E-state index in [1.807, 2.05) is 0 Å². The molecule has 34 heavy (non-hydrogen) atoms. The zero-order valence-electron chi connectivity index (χ0n) is 19.3. The number of nitrogens with zero attached hydrogens (tertiary/aromatic N) is 1. The number of hydrogen-bond acceptors (Lipinski definition) is 7. The zero-order chi connectivity index (χ0) is 25.0. The lowest BCUT2D eigenvalue weighted by molar-refractivity contribution is -0.164. The molecule has 3 rings (SSSR count). The number of hydrogen-bond donors (Lipinski definition) is 1. The van der Waals surface area contributed by atoms with Gasteiger partial charge in [-0.1, -0.05) is 11.6 Å². The summed E-state index contributed by atoms with van der Waals surface area (Å²) < 4.78 is 16.9. The van der Waals surface area contributed by atoms with Gasteiger partial charge in [0.2, 0.25) is 0 Å². The first-order valence-electron chi connectivity index (χ1n) is 10.6. The number of halogens is 1. The van der Waals surface area contributed by atoms with Crippen LogP contribution in [0.4, 0.5) is 0 Å². The summed E-state index contributed by atoms with van der Waals surface area (Å²) in [7, 11) is 1.53. The number of carbonyl (C=O) groups excluding carboxylic acids is 3. The van der Waals surface area contributed by atoms with Crippen LogP contribution in [-0.4, -0.2) is 53.4 Å². The molecule has 0 spiro atoms. The molecule has 0 saturated carbocycles. The van der Waals surface area contributed by atoms with E-state index in [0.717, 1.165) is 0 Å². The molecule has 9 heteroatoms. The summed E-state index contributed by atoms with van der Waals surface area (Å²) in [5.74, 6) is -1.14. The molecule has 1 aromatic heterocycles. The monoisotopic (exact) mass is 487 g/mol. The quantitative estimate of drug-likeness (QED) is 0.483. The highest BCUT2D eigenvalue weighted by atomic mass is 35.5. The molecule has 2 aromatic carbocycles. The minimum absolute atomic E-state index is 0.171. The molecule has 3 aromatic rings. The smallest absolute Gasteiger partial charge is 0.344 e. The standard InChI is InChI=1S/C25H26ClNO7/c1-14-20(12-23(29)33-13-24(30)34-16(3)15(2)28)21-11-19(32-4)9-10-22(21)27(14)25(31)17-5-7-18(26)8-6-17/h5-11,15-16,28H,12-13H2,1-4H3. The minimum Gasteiger partial charge on any atom is -0.497 e. The summed E-state index contributed by atoms with van der Waals surface area (Å²) in [5, 5.41) is 10.6. The van der Waals surface area contributed by atoms with Crippen molar-refractivity contribution in [3.8, 4) is 5.75 Å². The maximum atomic E-state index is 13.3. The SMILES string of the molecule is COc1ccc2c(c1)c(CC(=O)OCC(=O)OC(C)C(C)O)c(C)n2C(=O)c1ccc(Cl)cc1. The highest BCUT2D eigenvalue weighted by Crippen LogP contribution is 2.31. The molecule has 8 nitrogen and oxygen atoms in total. The van der Waals surface area contributed by atoms with E-state index in [2.05, 4.69) is 0 Å². The molecule has 0 aliphatic carbocycles. The van der Waals surface area contributed by atoms with E-state index in [0.29, 0.717) is 38.5 Å². The molecular formula is C25H26ClNO7. The van der Waals surface area contributed by atoms with Gasteiger partial charge in [-0.15, -0.1) is 0 Å². The topological polar surface area (TPSA) is 104 Å². The summed E-state index contributed by atoms with van der Waals surface area (Å²) in [6.45, 7) is 4.18. The van der Waals surface area contributed by atoms with Gasteiger partial charge < -0.3 is 19.3 Å². The van der Waals surface area contributed by atoms with Crippen LogP contribution in [-0.2, 0) is 25.5 Å². The van der Waals surface area contributed by atoms with E-state index in [1.165, 1.54) is 25.5 Å². The molecule has 0 saturated heterocycles. The third-order valence-corrected chi connectivity index (χ3v) is 5.76. The van der Waals surface area contributed by atoms with E-state index in [4.69, 9.17) is 25.8 Å². The lowest BCUT2D eigenvalue weighted by atomic mass is 10.1. The first kappa shape index (κ1) is 25.3. The van der Waals surface area contributed by atoms with E-state index in [-0.39, 0.29) is 12.3 Å². The number of carbonyl (C=O) groups is 3. The molecule has 0 aliphatic heterocycles. The van der Waals surface area contributed by atoms with Crippen LogP contribution in [0.15, 0.2) is 42.5 Å². The first-order chi connectivity index (χ1) is 16.1. The largest absolute Gasteiger partial charge is 0.497 e. The van der Waals surface area contributed by atoms with Crippen LogP contribution in [0.3, 0.4) is 0 Å². The van der Waals surface area contributed by atoms with Crippen molar-refractivity contribution >= 4 is 40.3 Å². The van der Waals surface area contributed by atoms with Gasteiger partial charge in [0.1, 0.15) is 11.9 Å². The summed E-state index contributed by atoms with van der Waals surface area (Å²) in [4.78, 5) is 37.7. The summed E-state index contributed by atoms with van der Waals surface area (Å²) in [6.07, 6.45) is -1.74. The fraction of sp³-hybridized carbons (Fsp3) is 0.320. The van der Waals surface area contributed by atoms with Gasteiger partial charge in [0.25, 0.3) is 5.91 Å². The molecule has 180 valence electrons. The number of rotatable bonds is 8. The fourth-order valence-electron chi connectivity index (χ4n) is 3.47. The molecule has 2 unspecified atom stereocenters. The minimum atomic E-state index is -0.846. The Balaban J connectivity index is 1.89. The van der Waals surface area contributed by atoms with E-state index >= 15 is 0 Å². The van der Waals surface area contributed by atoms with Gasteiger partial charge in [0, 0.05) is 21.7 Å². The van der Waals surface area contributed by atoms with Crippen LogP contribution in [0.1, 0.15) is 35.5 Å². The Labute approximate surface area is 202 Å². The van der Waals surface area contributed by atoms with Crippen molar-refractivity contribution in [3.05, 3.63) is 64.3 Å². The number of esters is 2. The van der Waals surface area contributed by atoms with Crippen LogP contribution in [0, 0.1) is 6.92 Å². The van der Waals surface area contributed by atoms with Crippen molar-refractivity contribution in [2.45, 2.75) is 39.4 Å². The molecule has 0 bridgehead atoms. The molecule has 0 fully saturated rings. The van der Waals surface area contributed by atoms with Gasteiger partial charge >= 0.3 is 11.9 Å². The number of aromatic nitrogens is 1. The Morgan fingerprint density at radius 2 is 1.74 bits per heavy atom. The summed E-state index contributed by atoms with van der Waals surface area (Å²) in [6, 6.07) is 11.8. The Hall–Kier alpha value is -3.36. The van der Waals surface area contributed by atoms with Crippen molar-refractivity contribution in [3.63, 3.8) is 0 Å². The average molecular weight is 488 g/mol. The Bertz CT molecular complexity index is 1210. The molecule has 2 atom stereocenters. The van der Waals surface area contributed by atoms with Crippen LogP contribution in [0.25, 0.3) is 10.9 Å². The van der Waals surface area contributed by atoms with Crippen molar-refractivity contribution < 1.29 is 33.7 Å². The van der Waals surface area contributed by atoms with Crippen LogP contribution in [0.2, 0.25) is 5.02 Å². The molecular weight excluding hydrogens is 462 g/mol. The Kier molecular flexibility index (Phi) is 7.96. The van der Waals surface area contributed by atoms with E-state index in [1.54, 1.807) is 49.4 Å². The molecule has 1 heterocycles. The Morgan fingerprint density at radius 3 is 2.35 bits per heavy atom. The van der Waals surface area contributed by atoms with Crippen LogP contribution in [0.5, 0.6) is 5.75 Å². The second-order valence-electron chi connectivity index (χ2n) is 7.87. The van der Waals surface area contributed by atoms with Crippen molar-refractivity contribution in [1.82, 2.24) is 4.57 Å². The maximum absolute atomic E-state index is 13.3. The molecule has 0 radical (unpaired) electrons. The third-order valence-electron chi connectivity index (χ3n) is 5.50. The summed E-state index contributed by atoms with van der Waals surface area (Å²) in [5.41, 5.74) is 2.17. The lowest BCUT2D eigenvalue weighted by Crippen LogP contribution is -2.28. The lowest BCUT2D eigenvalue weighted by Gasteiger charge is -2.15. The molecule has 1 N–H and O–H groups in total. The van der Waals surface area contributed by atoms with Gasteiger partial charge in [0.05, 0.1) is 25.2 Å². The van der Waals surface area contributed by atoms with Gasteiger partial charge in [-0.05, 0) is 68.8 Å². The normalized spacial score (nSPS) is 12.8. The predicted molar refractivity (Wildman–Crippen MR) is 126 cm³/mol. The Morgan fingerprint density at radius 1 is 1.06 bits per heavy atom. The maximum Gasteiger partial charge on any atom is 0.344 e. The van der Waals surface area contributed by atoms with Crippen molar-refractivity contribution in [2.75, 3.05) is 13.7 Å². The zero-order valence-corrected chi connectivity index (χ0v) is 20.1. The molecule has 0 aliphatic rings. The molecule has 0 amide bonds. The number of fused-ring (bicyclic) bond motifs is 1. The van der Waals surface area contributed by atoms with Gasteiger partial charge in [-0.3, -0.25) is 14.2 Å². The highest BCUT2D eigenvalue weighted by molar-refractivity contribution is 6.30. The van der Waals surface area contributed by atoms with Crippen molar-refractivity contribution in [2.24, 2.45) is 0 Å². The second-order valence-corrected chi connectivity index (χ2v) is 8.30. The number of ether oxygens (including phenoxy) is 3. The average Bonchev–Trinajstić information content (AvgIpc) is 3.08. The van der Waals surface area contributed by atoms with Crippen LogP contribution >= 0.6 is 11.6 Å². The van der Waals surface area contributed by atoms with Gasteiger partial charge in [-0.25, -0.2) is 4.79 Å². The number of methoxy groups -OCH3 is 1. The van der Waals surface area contributed by atoms with Gasteiger partial charge in [-0.2, -0.15) is 0 Å². The van der Waals surface area contributed by atoms with E-state index < -0.39 is 30.8 Å². The van der Waals surface area contributed by atoms with Gasteiger partial charge in [0.15, 0.2) is 6.61 Å². The number of aliphatic hydroxyl groups is 1. The second kappa shape index (κ2) is 10.7. The predicted octanol–water partition coefficient (Wildman–Crippen LogP) is 3.70. The number of benzene rings is 2.